The van der Waals surface area contributed by atoms with Crippen LogP contribution in [0, 0.1) is 0 Å². The van der Waals surface area contributed by atoms with Crippen molar-refractivity contribution < 1.29 is 9.84 Å². The van der Waals surface area contributed by atoms with E-state index in [1.807, 2.05) is 30.3 Å². The Hall–Kier alpha value is -2.26. The van der Waals surface area contributed by atoms with Crippen LogP contribution in [-0.4, -0.2) is 10.1 Å². The molecule has 1 N–H and O–H groups in total. The Bertz CT molecular complexity index is 758. The summed E-state index contributed by atoms with van der Waals surface area (Å²) in [5.41, 5.74) is 0.828. The number of fused-ring (bicyclic) bond motifs is 1. The zero-order valence-corrected chi connectivity index (χ0v) is 11.3. The zero-order valence-electron chi connectivity index (χ0n) is 10.6. The van der Waals surface area contributed by atoms with Crippen molar-refractivity contribution >= 4 is 22.4 Å². The van der Waals surface area contributed by atoms with Crippen LogP contribution >= 0.6 is 11.6 Å². The van der Waals surface area contributed by atoms with Crippen molar-refractivity contribution in [3.8, 4) is 11.5 Å². The van der Waals surface area contributed by atoms with Crippen LogP contribution in [0.3, 0.4) is 0 Å². The molecule has 0 saturated heterocycles. The summed E-state index contributed by atoms with van der Waals surface area (Å²) in [4.78, 5) is 3.92. The Morgan fingerprint density at radius 2 is 1.85 bits per heavy atom. The largest absolute Gasteiger partial charge is 0.504 e. The van der Waals surface area contributed by atoms with E-state index in [9.17, 15) is 5.11 Å². The fourth-order valence-corrected chi connectivity index (χ4v) is 2.17. The molecule has 0 aliphatic heterocycles. The standard InChI is InChI=1S/C16H12ClNO2/c17-14-9-18-6-5-13(14)10-20-16-8-12-4-2-1-3-11(12)7-15(16)19/h1-9,19H,10H2. The first-order valence-electron chi connectivity index (χ1n) is 6.17. The minimum absolute atomic E-state index is 0.119. The van der Waals surface area contributed by atoms with Gasteiger partial charge in [-0.25, -0.2) is 0 Å². The van der Waals surface area contributed by atoms with Gasteiger partial charge < -0.3 is 9.84 Å². The number of benzene rings is 2. The molecule has 0 atom stereocenters. The molecular weight excluding hydrogens is 274 g/mol. The molecule has 3 rings (SSSR count). The van der Waals surface area contributed by atoms with E-state index in [1.54, 1.807) is 24.5 Å². The van der Waals surface area contributed by atoms with Crippen molar-refractivity contribution in [2.75, 3.05) is 0 Å². The van der Waals surface area contributed by atoms with Gasteiger partial charge in [0, 0.05) is 18.0 Å². The second kappa shape index (κ2) is 5.39. The quantitative estimate of drug-likeness (QED) is 0.785. The van der Waals surface area contributed by atoms with E-state index >= 15 is 0 Å². The van der Waals surface area contributed by atoms with Crippen LogP contribution in [0.25, 0.3) is 10.8 Å². The highest BCUT2D eigenvalue weighted by atomic mass is 35.5. The molecule has 0 unspecified atom stereocenters. The summed E-state index contributed by atoms with van der Waals surface area (Å²) in [5, 5.41) is 12.5. The topological polar surface area (TPSA) is 42.4 Å². The summed E-state index contributed by atoms with van der Waals surface area (Å²) in [5.74, 6) is 0.561. The summed E-state index contributed by atoms with van der Waals surface area (Å²) < 4.78 is 5.65. The van der Waals surface area contributed by atoms with Gasteiger partial charge in [-0.2, -0.15) is 0 Å². The van der Waals surface area contributed by atoms with Gasteiger partial charge in [0.25, 0.3) is 0 Å². The minimum atomic E-state index is 0.119. The first-order chi connectivity index (χ1) is 9.74. The number of aromatic nitrogens is 1. The van der Waals surface area contributed by atoms with Crippen LogP contribution in [0.15, 0.2) is 54.9 Å². The Balaban J connectivity index is 1.87. The maximum absolute atomic E-state index is 9.99. The lowest BCUT2D eigenvalue weighted by atomic mass is 10.1. The third-order valence-corrected chi connectivity index (χ3v) is 3.41. The molecule has 0 bridgehead atoms. The van der Waals surface area contributed by atoms with E-state index in [1.165, 1.54) is 0 Å². The van der Waals surface area contributed by atoms with Gasteiger partial charge in [-0.05, 0) is 29.0 Å². The van der Waals surface area contributed by atoms with Crippen LogP contribution in [-0.2, 0) is 6.61 Å². The molecule has 2 aromatic carbocycles. The van der Waals surface area contributed by atoms with E-state index in [-0.39, 0.29) is 12.4 Å². The molecule has 20 heavy (non-hydrogen) atoms. The predicted octanol–water partition coefficient (Wildman–Crippen LogP) is 4.17. The SMILES string of the molecule is Oc1cc2ccccc2cc1OCc1ccncc1Cl. The Morgan fingerprint density at radius 1 is 1.10 bits per heavy atom. The normalized spacial score (nSPS) is 10.7. The van der Waals surface area contributed by atoms with E-state index in [0.717, 1.165) is 16.3 Å². The van der Waals surface area contributed by atoms with Gasteiger partial charge in [-0.1, -0.05) is 35.9 Å². The number of halogens is 1. The van der Waals surface area contributed by atoms with Gasteiger partial charge in [-0.3, -0.25) is 4.98 Å². The smallest absolute Gasteiger partial charge is 0.162 e. The van der Waals surface area contributed by atoms with Gasteiger partial charge in [0.05, 0.1) is 5.02 Å². The second-order valence-electron chi connectivity index (χ2n) is 4.42. The molecule has 1 aromatic heterocycles. The summed E-state index contributed by atoms with van der Waals surface area (Å²) >= 11 is 6.02. The van der Waals surface area contributed by atoms with E-state index in [0.29, 0.717) is 10.8 Å². The number of ether oxygens (including phenoxy) is 1. The van der Waals surface area contributed by atoms with Crippen LogP contribution in [0.5, 0.6) is 11.5 Å². The summed E-state index contributed by atoms with van der Waals surface area (Å²) in [6, 6.07) is 13.1. The molecule has 100 valence electrons. The van der Waals surface area contributed by atoms with Crippen LogP contribution in [0.1, 0.15) is 5.56 Å². The van der Waals surface area contributed by atoms with Crippen molar-refractivity contribution in [3.05, 3.63) is 65.4 Å². The first kappa shape index (κ1) is 12.8. The fraction of sp³-hybridized carbons (Fsp3) is 0.0625. The van der Waals surface area contributed by atoms with Gasteiger partial charge in [0.15, 0.2) is 11.5 Å². The maximum Gasteiger partial charge on any atom is 0.162 e. The molecule has 0 spiro atoms. The highest BCUT2D eigenvalue weighted by Crippen LogP contribution is 2.32. The number of phenols is 1. The molecule has 0 fully saturated rings. The number of phenolic OH excluding ortho intramolecular Hbond substituents is 1. The number of pyridine rings is 1. The van der Waals surface area contributed by atoms with Crippen LogP contribution in [0.2, 0.25) is 5.02 Å². The number of hydrogen-bond donors (Lipinski definition) is 1. The molecule has 0 aliphatic carbocycles. The van der Waals surface area contributed by atoms with E-state index in [2.05, 4.69) is 4.98 Å². The van der Waals surface area contributed by atoms with Gasteiger partial charge in [-0.15, -0.1) is 0 Å². The number of nitrogens with zero attached hydrogens (tertiary/aromatic N) is 1. The minimum Gasteiger partial charge on any atom is -0.504 e. The fourth-order valence-electron chi connectivity index (χ4n) is 2.00. The predicted molar refractivity (Wildman–Crippen MR) is 79.2 cm³/mol. The van der Waals surface area contributed by atoms with Crippen molar-refractivity contribution in [2.24, 2.45) is 0 Å². The highest BCUT2D eigenvalue weighted by Gasteiger charge is 2.07. The Labute approximate surface area is 121 Å². The van der Waals surface area contributed by atoms with Gasteiger partial charge in [0.2, 0.25) is 0 Å². The van der Waals surface area contributed by atoms with Gasteiger partial charge in [0.1, 0.15) is 6.61 Å². The lowest BCUT2D eigenvalue weighted by Crippen LogP contribution is -1.97. The lowest BCUT2D eigenvalue weighted by molar-refractivity contribution is 0.289. The summed E-state index contributed by atoms with van der Waals surface area (Å²) in [6.45, 7) is 0.285. The average molecular weight is 286 g/mol. The molecule has 0 radical (unpaired) electrons. The van der Waals surface area contributed by atoms with Crippen LogP contribution in [0.4, 0.5) is 0 Å². The van der Waals surface area contributed by atoms with Crippen molar-refractivity contribution in [3.63, 3.8) is 0 Å². The molecule has 3 nitrogen and oxygen atoms in total. The van der Waals surface area contributed by atoms with E-state index in [4.69, 9.17) is 16.3 Å². The molecular formula is C16H12ClNO2. The Morgan fingerprint density at radius 3 is 2.60 bits per heavy atom. The molecule has 3 aromatic rings. The van der Waals surface area contributed by atoms with Crippen molar-refractivity contribution in [1.82, 2.24) is 4.98 Å². The number of rotatable bonds is 3. The molecule has 0 saturated carbocycles. The highest BCUT2D eigenvalue weighted by molar-refractivity contribution is 6.31. The maximum atomic E-state index is 9.99. The lowest BCUT2D eigenvalue weighted by Gasteiger charge is -2.10. The molecule has 1 heterocycles. The zero-order chi connectivity index (χ0) is 13.9. The molecule has 0 aliphatic rings. The third-order valence-electron chi connectivity index (χ3n) is 3.07. The summed E-state index contributed by atoms with van der Waals surface area (Å²) in [7, 11) is 0. The number of hydrogen-bond acceptors (Lipinski definition) is 3. The third kappa shape index (κ3) is 2.53. The van der Waals surface area contributed by atoms with Crippen molar-refractivity contribution in [2.45, 2.75) is 6.61 Å². The molecule has 4 heteroatoms. The number of aromatic hydroxyl groups is 1. The second-order valence-corrected chi connectivity index (χ2v) is 4.83. The van der Waals surface area contributed by atoms with Gasteiger partial charge >= 0.3 is 0 Å². The monoisotopic (exact) mass is 285 g/mol. The van der Waals surface area contributed by atoms with Crippen LogP contribution < -0.4 is 4.74 Å². The average Bonchev–Trinajstić information content (AvgIpc) is 2.46. The summed E-state index contributed by atoms with van der Waals surface area (Å²) in [6.07, 6.45) is 3.23. The van der Waals surface area contributed by atoms with Crippen molar-refractivity contribution in [1.29, 1.82) is 0 Å². The first-order valence-corrected chi connectivity index (χ1v) is 6.55. The Kier molecular flexibility index (Phi) is 3.44. The molecule has 0 amide bonds. The van der Waals surface area contributed by atoms with E-state index < -0.39 is 0 Å².